The number of rotatable bonds is 6. The third-order valence-electron chi connectivity index (χ3n) is 2.07. The highest BCUT2D eigenvalue weighted by Crippen LogP contribution is 2.22. The van der Waals surface area contributed by atoms with E-state index in [1.807, 2.05) is 19.1 Å². The minimum absolute atomic E-state index is 0.220. The molecule has 2 aromatic rings. The Morgan fingerprint density at radius 2 is 2.11 bits per heavy atom. The van der Waals surface area contributed by atoms with E-state index in [0.717, 1.165) is 9.21 Å². The fourth-order valence-corrected chi connectivity index (χ4v) is 2.33. The Kier molecular flexibility index (Phi) is 4.72. The number of ether oxygens (including phenoxy) is 1. The van der Waals surface area contributed by atoms with Crippen LogP contribution in [0.5, 0.6) is 6.01 Å². The average molecular weight is 301 g/mol. The minimum Gasteiger partial charge on any atom is -0.464 e. The molecule has 2 aromatic heterocycles. The molecule has 0 aliphatic rings. The number of nitrogens with one attached hydrogen (secondary N) is 2. The van der Waals surface area contributed by atoms with E-state index in [2.05, 4.69) is 25.7 Å². The maximum atomic E-state index is 5.86. The quantitative estimate of drug-likeness (QED) is 0.553. The van der Waals surface area contributed by atoms with Gasteiger partial charge < -0.3 is 10.1 Å². The Morgan fingerprint density at radius 1 is 1.32 bits per heavy atom. The monoisotopic (exact) mass is 300 g/mol. The Morgan fingerprint density at radius 3 is 2.74 bits per heavy atom. The summed E-state index contributed by atoms with van der Waals surface area (Å²) in [5.74, 6) is 5.92. The lowest BCUT2D eigenvalue weighted by Crippen LogP contribution is -2.14. The summed E-state index contributed by atoms with van der Waals surface area (Å²) in [6, 6.07) is 4.00. The van der Waals surface area contributed by atoms with Gasteiger partial charge in [-0.05, 0) is 19.1 Å². The summed E-state index contributed by atoms with van der Waals surface area (Å²) in [6.07, 6.45) is 0. The van der Waals surface area contributed by atoms with Crippen LogP contribution in [-0.2, 0) is 6.54 Å². The number of halogens is 1. The van der Waals surface area contributed by atoms with Crippen LogP contribution in [0.3, 0.4) is 0 Å². The van der Waals surface area contributed by atoms with Gasteiger partial charge >= 0.3 is 6.01 Å². The smallest absolute Gasteiger partial charge is 0.323 e. The Hall–Kier alpha value is -1.64. The summed E-state index contributed by atoms with van der Waals surface area (Å²) in [7, 11) is 0. The second-order valence-corrected chi connectivity index (χ2v) is 5.20. The maximum absolute atomic E-state index is 5.86. The first kappa shape index (κ1) is 13.8. The molecule has 0 saturated carbocycles. The number of anilines is 2. The van der Waals surface area contributed by atoms with Gasteiger partial charge in [0.05, 0.1) is 17.5 Å². The molecule has 102 valence electrons. The fourth-order valence-electron chi connectivity index (χ4n) is 1.31. The fraction of sp³-hybridized carbons (Fsp3) is 0.300. The number of hydrogen-bond acceptors (Lipinski definition) is 8. The topological polar surface area (TPSA) is 98.0 Å². The van der Waals surface area contributed by atoms with Gasteiger partial charge in [-0.2, -0.15) is 15.0 Å². The molecular weight excluding hydrogens is 288 g/mol. The van der Waals surface area contributed by atoms with Crippen LogP contribution in [0.4, 0.5) is 11.9 Å². The largest absolute Gasteiger partial charge is 0.464 e. The number of nitrogens with zero attached hydrogens (tertiary/aromatic N) is 3. The van der Waals surface area contributed by atoms with Crippen molar-refractivity contribution in [1.82, 2.24) is 15.0 Å². The van der Waals surface area contributed by atoms with Gasteiger partial charge in [0, 0.05) is 4.88 Å². The van der Waals surface area contributed by atoms with Gasteiger partial charge in [0.1, 0.15) is 0 Å². The summed E-state index contributed by atoms with van der Waals surface area (Å²) in [5.41, 5.74) is 2.37. The van der Waals surface area contributed by atoms with E-state index in [9.17, 15) is 0 Å². The summed E-state index contributed by atoms with van der Waals surface area (Å²) >= 11 is 7.35. The third-order valence-corrected chi connectivity index (χ3v) is 3.30. The van der Waals surface area contributed by atoms with Crippen molar-refractivity contribution in [3.05, 3.63) is 21.3 Å². The number of nitrogen functional groups attached to an aromatic ring is 1. The van der Waals surface area contributed by atoms with Crippen LogP contribution in [0.25, 0.3) is 0 Å². The van der Waals surface area contributed by atoms with Crippen LogP contribution in [0, 0.1) is 0 Å². The van der Waals surface area contributed by atoms with E-state index < -0.39 is 0 Å². The molecule has 0 radical (unpaired) electrons. The van der Waals surface area contributed by atoms with E-state index in [1.54, 1.807) is 0 Å². The SMILES string of the molecule is CCOc1nc(NN)nc(NCc2ccc(Cl)s2)n1. The molecule has 0 unspecified atom stereocenters. The number of aromatic nitrogens is 3. The molecule has 2 heterocycles. The zero-order valence-electron chi connectivity index (χ0n) is 10.2. The molecule has 0 amide bonds. The second-order valence-electron chi connectivity index (χ2n) is 3.40. The van der Waals surface area contributed by atoms with Crippen molar-refractivity contribution in [3.8, 4) is 6.01 Å². The maximum Gasteiger partial charge on any atom is 0.323 e. The molecule has 0 spiro atoms. The lowest BCUT2D eigenvalue weighted by molar-refractivity contribution is 0.312. The highest BCUT2D eigenvalue weighted by molar-refractivity contribution is 7.16. The van der Waals surface area contributed by atoms with Gasteiger partial charge in [-0.25, -0.2) is 5.84 Å². The predicted molar refractivity (Wildman–Crippen MR) is 75.5 cm³/mol. The van der Waals surface area contributed by atoms with Crippen LogP contribution in [0.2, 0.25) is 4.34 Å². The van der Waals surface area contributed by atoms with Crippen LogP contribution in [0.1, 0.15) is 11.8 Å². The van der Waals surface area contributed by atoms with E-state index in [1.165, 1.54) is 11.3 Å². The first-order valence-corrected chi connectivity index (χ1v) is 6.74. The Labute approximate surface area is 119 Å². The molecular formula is C10H13ClN6OS. The van der Waals surface area contributed by atoms with Gasteiger partial charge in [-0.3, -0.25) is 5.43 Å². The molecule has 7 nitrogen and oxygen atoms in total. The normalized spacial score (nSPS) is 10.3. The van der Waals surface area contributed by atoms with Crippen molar-refractivity contribution < 1.29 is 4.74 Å². The van der Waals surface area contributed by atoms with Gasteiger partial charge in [0.25, 0.3) is 0 Å². The van der Waals surface area contributed by atoms with E-state index in [-0.39, 0.29) is 12.0 Å². The van der Waals surface area contributed by atoms with E-state index in [0.29, 0.717) is 19.1 Å². The summed E-state index contributed by atoms with van der Waals surface area (Å²) in [4.78, 5) is 13.2. The van der Waals surface area contributed by atoms with E-state index >= 15 is 0 Å². The van der Waals surface area contributed by atoms with Crippen molar-refractivity contribution in [2.45, 2.75) is 13.5 Å². The zero-order chi connectivity index (χ0) is 13.7. The highest BCUT2D eigenvalue weighted by Gasteiger charge is 2.07. The van der Waals surface area contributed by atoms with Crippen LogP contribution < -0.4 is 21.3 Å². The number of nitrogens with two attached hydrogens (primary N) is 1. The van der Waals surface area contributed by atoms with Crippen molar-refractivity contribution in [3.63, 3.8) is 0 Å². The molecule has 19 heavy (non-hydrogen) atoms. The lowest BCUT2D eigenvalue weighted by atomic mass is 10.5. The number of thiophene rings is 1. The molecule has 0 fully saturated rings. The Bertz CT molecular complexity index is 549. The van der Waals surface area contributed by atoms with E-state index in [4.69, 9.17) is 22.2 Å². The predicted octanol–water partition coefficient (Wildman–Crippen LogP) is 1.88. The van der Waals surface area contributed by atoms with Gasteiger partial charge in [-0.15, -0.1) is 11.3 Å². The molecule has 0 aliphatic heterocycles. The lowest BCUT2D eigenvalue weighted by Gasteiger charge is -2.07. The van der Waals surface area contributed by atoms with Crippen molar-refractivity contribution in [2.24, 2.45) is 5.84 Å². The van der Waals surface area contributed by atoms with Crippen LogP contribution in [-0.4, -0.2) is 21.6 Å². The number of hydrogen-bond donors (Lipinski definition) is 3. The summed E-state index contributed by atoms with van der Waals surface area (Å²) in [5, 5.41) is 3.06. The van der Waals surface area contributed by atoms with Crippen molar-refractivity contribution in [1.29, 1.82) is 0 Å². The standard InChI is InChI=1S/C10H13ClN6OS/c1-2-18-10-15-8(14-9(16-10)17-12)13-5-6-3-4-7(11)19-6/h3-4H,2,5,12H2,1H3,(H2,13,14,15,16,17). The van der Waals surface area contributed by atoms with Crippen LogP contribution >= 0.6 is 22.9 Å². The number of hydrazine groups is 1. The molecule has 0 bridgehead atoms. The summed E-state index contributed by atoms with van der Waals surface area (Å²) in [6.45, 7) is 2.88. The Balaban J connectivity index is 2.08. The second kappa shape index (κ2) is 6.50. The molecule has 0 aliphatic carbocycles. The first-order chi connectivity index (χ1) is 9.21. The van der Waals surface area contributed by atoms with Gasteiger partial charge in [0.2, 0.25) is 11.9 Å². The van der Waals surface area contributed by atoms with Crippen molar-refractivity contribution in [2.75, 3.05) is 17.3 Å². The molecule has 0 saturated heterocycles. The molecule has 0 aromatic carbocycles. The third kappa shape index (κ3) is 3.91. The first-order valence-electron chi connectivity index (χ1n) is 5.55. The van der Waals surface area contributed by atoms with Gasteiger partial charge in [0.15, 0.2) is 0 Å². The van der Waals surface area contributed by atoms with Gasteiger partial charge in [-0.1, -0.05) is 11.6 Å². The summed E-state index contributed by atoms with van der Waals surface area (Å²) < 4.78 is 5.97. The molecule has 9 heteroatoms. The molecule has 0 atom stereocenters. The molecule has 2 rings (SSSR count). The molecule has 4 N–H and O–H groups in total. The zero-order valence-corrected chi connectivity index (χ0v) is 11.8. The van der Waals surface area contributed by atoms with Crippen molar-refractivity contribution >= 4 is 34.8 Å². The highest BCUT2D eigenvalue weighted by atomic mass is 35.5. The van der Waals surface area contributed by atoms with Crippen LogP contribution in [0.15, 0.2) is 12.1 Å². The minimum atomic E-state index is 0.220. The average Bonchev–Trinajstić information content (AvgIpc) is 2.82.